The minimum absolute atomic E-state index is 0.0548. The van der Waals surface area contributed by atoms with Crippen molar-refractivity contribution >= 4 is 52.1 Å². The van der Waals surface area contributed by atoms with Crippen molar-refractivity contribution < 1.29 is 32.7 Å². The van der Waals surface area contributed by atoms with E-state index in [9.17, 15) is 22.8 Å². The zero-order valence-electron chi connectivity index (χ0n) is 22.7. The SMILES string of the molecule is C=CC(=O)N1CCCC(Nc2nc(Nc3ccc(N(C)C(=O)CC)cc3C)nc3nc[nH]c23)C1.O=C(O)C(F)(F)F. The monoisotopic (exact) mass is 576 g/mol. The van der Waals surface area contributed by atoms with E-state index in [1.807, 2.05) is 32.0 Å². The van der Waals surface area contributed by atoms with E-state index in [1.54, 1.807) is 23.2 Å². The zero-order chi connectivity index (χ0) is 30.3. The van der Waals surface area contributed by atoms with Crippen LogP contribution in [0.2, 0.25) is 0 Å². The maximum absolute atomic E-state index is 12.1. The van der Waals surface area contributed by atoms with Crippen LogP contribution < -0.4 is 15.5 Å². The van der Waals surface area contributed by atoms with Gasteiger partial charge in [0.05, 0.1) is 6.33 Å². The highest BCUT2D eigenvalue weighted by Crippen LogP contribution is 2.27. The Kier molecular flexibility index (Phi) is 9.86. The summed E-state index contributed by atoms with van der Waals surface area (Å²) in [7, 11) is 1.77. The standard InChI is InChI=1S/C24H30N8O2.C2HF3O2/c1-5-19(33)31(4)17-9-10-18(15(3)12-17)28-24-29-22-21(25-14-26-22)23(30-24)27-16-8-7-11-32(13-16)20(34)6-2;3-2(4,5)1(6)7/h6,9-10,12,14,16H,2,5,7-8,11,13H2,1,3-4H3,(H3,25,26,27,28,29,30);(H,6,7). The summed E-state index contributed by atoms with van der Waals surface area (Å²) < 4.78 is 31.7. The predicted molar refractivity (Wildman–Crippen MR) is 147 cm³/mol. The van der Waals surface area contributed by atoms with Crippen molar-refractivity contribution in [2.75, 3.05) is 35.7 Å². The van der Waals surface area contributed by atoms with E-state index < -0.39 is 12.1 Å². The van der Waals surface area contributed by atoms with Gasteiger partial charge in [-0.15, -0.1) is 0 Å². The first kappa shape index (κ1) is 30.8. The summed E-state index contributed by atoms with van der Waals surface area (Å²) in [6.07, 6.45) is 0.131. The number of hydrogen-bond acceptors (Lipinski definition) is 8. The van der Waals surface area contributed by atoms with Crippen molar-refractivity contribution in [1.29, 1.82) is 0 Å². The summed E-state index contributed by atoms with van der Waals surface area (Å²) in [6.45, 7) is 8.72. The van der Waals surface area contributed by atoms with Crippen LogP contribution in [0.5, 0.6) is 0 Å². The molecule has 1 saturated heterocycles. The third-order valence-corrected chi connectivity index (χ3v) is 6.30. The highest BCUT2D eigenvalue weighted by Gasteiger charge is 2.38. The first-order chi connectivity index (χ1) is 19.3. The minimum atomic E-state index is -5.08. The molecule has 1 aliphatic heterocycles. The fourth-order valence-corrected chi connectivity index (χ4v) is 4.11. The number of imidazole rings is 1. The number of alkyl halides is 3. The van der Waals surface area contributed by atoms with E-state index >= 15 is 0 Å². The van der Waals surface area contributed by atoms with Crippen molar-refractivity contribution in [1.82, 2.24) is 24.8 Å². The molecule has 12 nitrogen and oxygen atoms in total. The number of aromatic nitrogens is 4. The molecular formula is C26H31F3N8O4. The number of aryl methyl sites for hydroxylation is 1. The average Bonchev–Trinajstić information content (AvgIpc) is 3.42. The number of anilines is 4. The molecule has 220 valence electrons. The van der Waals surface area contributed by atoms with Crippen LogP contribution in [-0.4, -0.2) is 80.1 Å². The van der Waals surface area contributed by atoms with Crippen LogP contribution in [0, 0.1) is 6.92 Å². The van der Waals surface area contributed by atoms with Crippen molar-refractivity contribution in [3.8, 4) is 0 Å². The molecule has 1 fully saturated rings. The molecule has 0 radical (unpaired) electrons. The Bertz CT molecular complexity index is 1430. The Balaban J connectivity index is 0.000000587. The first-order valence-electron chi connectivity index (χ1n) is 12.7. The number of rotatable bonds is 7. The van der Waals surface area contributed by atoms with Gasteiger partial charge in [-0.1, -0.05) is 13.5 Å². The van der Waals surface area contributed by atoms with Crippen molar-refractivity contribution in [3.05, 3.63) is 42.7 Å². The van der Waals surface area contributed by atoms with Gasteiger partial charge in [-0.3, -0.25) is 9.59 Å². The number of benzene rings is 1. The van der Waals surface area contributed by atoms with Gasteiger partial charge in [0.15, 0.2) is 11.5 Å². The lowest BCUT2D eigenvalue weighted by molar-refractivity contribution is -0.192. The van der Waals surface area contributed by atoms with Gasteiger partial charge in [0.2, 0.25) is 17.8 Å². The van der Waals surface area contributed by atoms with E-state index in [1.165, 1.54) is 6.08 Å². The molecular weight excluding hydrogens is 545 g/mol. The number of nitrogens with zero attached hydrogens (tertiary/aromatic N) is 5. The molecule has 3 heterocycles. The fourth-order valence-electron chi connectivity index (χ4n) is 4.11. The molecule has 4 rings (SSSR count). The predicted octanol–water partition coefficient (Wildman–Crippen LogP) is 4.00. The number of hydrogen-bond donors (Lipinski definition) is 4. The number of carbonyl (C=O) groups excluding carboxylic acids is 2. The van der Waals surface area contributed by atoms with Crippen LogP contribution in [0.3, 0.4) is 0 Å². The van der Waals surface area contributed by atoms with Crippen LogP contribution >= 0.6 is 0 Å². The quantitative estimate of drug-likeness (QED) is 0.305. The number of fused-ring (bicyclic) bond motifs is 1. The van der Waals surface area contributed by atoms with Gasteiger partial charge < -0.3 is 30.5 Å². The largest absolute Gasteiger partial charge is 0.490 e. The maximum atomic E-state index is 12.1. The number of amides is 2. The molecule has 0 bridgehead atoms. The Hall–Kier alpha value is -4.69. The molecule has 41 heavy (non-hydrogen) atoms. The van der Waals surface area contributed by atoms with Gasteiger partial charge in [0.25, 0.3) is 0 Å². The van der Waals surface area contributed by atoms with E-state index in [0.717, 1.165) is 36.3 Å². The number of nitrogens with one attached hydrogen (secondary N) is 3. The van der Waals surface area contributed by atoms with Gasteiger partial charge >= 0.3 is 12.1 Å². The van der Waals surface area contributed by atoms with Crippen LogP contribution in [0.15, 0.2) is 37.2 Å². The second-order valence-electron chi connectivity index (χ2n) is 9.20. The van der Waals surface area contributed by atoms with E-state index in [-0.39, 0.29) is 17.9 Å². The molecule has 0 spiro atoms. The Morgan fingerprint density at radius 3 is 2.61 bits per heavy atom. The van der Waals surface area contributed by atoms with E-state index in [2.05, 4.69) is 32.2 Å². The maximum Gasteiger partial charge on any atom is 0.490 e. The molecule has 1 unspecified atom stereocenters. The summed E-state index contributed by atoms with van der Waals surface area (Å²) in [4.78, 5) is 53.1. The van der Waals surface area contributed by atoms with E-state index in [0.29, 0.717) is 35.9 Å². The lowest BCUT2D eigenvalue weighted by Crippen LogP contribution is -2.44. The number of piperidine rings is 1. The average molecular weight is 577 g/mol. The third kappa shape index (κ3) is 7.93. The van der Waals surface area contributed by atoms with Gasteiger partial charge in [-0.25, -0.2) is 9.78 Å². The van der Waals surface area contributed by atoms with Crippen LogP contribution in [0.1, 0.15) is 31.7 Å². The molecule has 0 aliphatic carbocycles. The van der Waals surface area contributed by atoms with E-state index in [4.69, 9.17) is 14.9 Å². The highest BCUT2D eigenvalue weighted by molar-refractivity contribution is 5.93. The molecule has 0 saturated carbocycles. The number of aliphatic carboxylic acids is 1. The number of carboxylic acid groups (broad SMARTS) is 1. The smallest absolute Gasteiger partial charge is 0.475 e. The zero-order valence-corrected chi connectivity index (χ0v) is 22.7. The molecule has 1 aromatic carbocycles. The summed E-state index contributed by atoms with van der Waals surface area (Å²) >= 11 is 0. The number of carbonyl (C=O) groups is 3. The van der Waals surface area contributed by atoms with Gasteiger partial charge in [0.1, 0.15) is 5.52 Å². The minimum Gasteiger partial charge on any atom is -0.475 e. The second-order valence-corrected chi connectivity index (χ2v) is 9.20. The molecule has 2 amide bonds. The van der Waals surface area contributed by atoms with Crippen molar-refractivity contribution in [2.24, 2.45) is 0 Å². The van der Waals surface area contributed by atoms with Crippen molar-refractivity contribution in [2.45, 2.75) is 45.3 Å². The molecule has 2 aromatic heterocycles. The normalized spacial score (nSPS) is 15.0. The summed E-state index contributed by atoms with van der Waals surface area (Å²) in [5.41, 5.74) is 3.88. The summed E-state index contributed by atoms with van der Waals surface area (Å²) in [6, 6.07) is 5.81. The lowest BCUT2D eigenvalue weighted by atomic mass is 10.1. The summed E-state index contributed by atoms with van der Waals surface area (Å²) in [5, 5.41) is 13.9. The third-order valence-electron chi connectivity index (χ3n) is 6.30. The number of H-pyrrole nitrogens is 1. The number of aromatic amines is 1. The fraction of sp³-hybridized carbons (Fsp3) is 0.385. The van der Waals surface area contributed by atoms with Gasteiger partial charge in [-0.2, -0.15) is 23.1 Å². The number of carboxylic acids is 1. The highest BCUT2D eigenvalue weighted by atomic mass is 19.4. The molecule has 4 N–H and O–H groups in total. The molecule has 3 aromatic rings. The van der Waals surface area contributed by atoms with Gasteiger partial charge in [0, 0.05) is 44.0 Å². The topological polar surface area (TPSA) is 156 Å². The van der Waals surface area contributed by atoms with Crippen molar-refractivity contribution in [3.63, 3.8) is 0 Å². The number of likely N-dealkylation sites (tertiary alicyclic amines) is 1. The van der Waals surface area contributed by atoms with Crippen LogP contribution in [-0.2, 0) is 14.4 Å². The molecule has 15 heteroatoms. The Morgan fingerprint density at radius 1 is 1.29 bits per heavy atom. The first-order valence-corrected chi connectivity index (χ1v) is 12.7. The number of halogens is 3. The lowest BCUT2D eigenvalue weighted by Gasteiger charge is -2.32. The molecule has 1 atom stereocenters. The van der Waals surface area contributed by atoms with Gasteiger partial charge in [-0.05, 0) is 49.6 Å². The van der Waals surface area contributed by atoms with Crippen LogP contribution in [0.4, 0.5) is 36.3 Å². The Labute approximate surface area is 233 Å². The summed E-state index contributed by atoms with van der Waals surface area (Å²) in [5.74, 6) is -1.73. The van der Waals surface area contributed by atoms with Crippen LogP contribution in [0.25, 0.3) is 11.2 Å². The molecule has 1 aliphatic rings. The second kappa shape index (κ2) is 13.1. The Morgan fingerprint density at radius 2 is 2.00 bits per heavy atom.